The number of nitro benzene ring substituents is 1. The number of halogens is 1. The van der Waals surface area contributed by atoms with Crippen molar-refractivity contribution in [2.24, 2.45) is 0 Å². The van der Waals surface area contributed by atoms with Crippen molar-refractivity contribution in [2.75, 3.05) is 4.72 Å². The highest BCUT2D eigenvalue weighted by molar-refractivity contribution is 7.92. The van der Waals surface area contributed by atoms with Crippen LogP contribution in [0.4, 0.5) is 11.4 Å². The smallest absolute Gasteiger partial charge is 0.371 e. The van der Waals surface area contributed by atoms with Gasteiger partial charge < -0.3 is 9.52 Å². The molecule has 2 aromatic carbocycles. The van der Waals surface area contributed by atoms with E-state index in [4.69, 9.17) is 21.1 Å². The summed E-state index contributed by atoms with van der Waals surface area (Å²) in [5.41, 5.74) is -0.260. The molecule has 3 rings (SSSR count). The molecule has 9 nitrogen and oxygen atoms in total. The number of carboxylic acid groups (broad SMARTS) is 1. The van der Waals surface area contributed by atoms with Crippen LogP contribution in [0.25, 0.3) is 11.3 Å². The summed E-state index contributed by atoms with van der Waals surface area (Å²) >= 11 is 6.10. The van der Waals surface area contributed by atoms with Crippen LogP contribution in [-0.4, -0.2) is 24.4 Å². The Morgan fingerprint density at radius 1 is 1.14 bits per heavy atom. The maximum Gasteiger partial charge on any atom is 0.371 e. The van der Waals surface area contributed by atoms with Crippen LogP contribution in [0.15, 0.2) is 63.9 Å². The third-order valence-electron chi connectivity index (χ3n) is 3.65. The van der Waals surface area contributed by atoms with E-state index in [-0.39, 0.29) is 27.8 Å². The van der Waals surface area contributed by atoms with Gasteiger partial charge in [-0.2, -0.15) is 0 Å². The molecule has 0 unspecified atom stereocenters. The SMILES string of the molecule is O=C(O)c1ccc(-c2cc(NS(=O)(=O)c3ccccc3[N+](=O)[O-])ccc2Cl)o1. The lowest BCUT2D eigenvalue weighted by molar-refractivity contribution is -0.387. The van der Waals surface area contributed by atoms with Gasteiger partial charge in [0.05, 0.1) is 9.95 Å². The summed E-state index contributed by atoms with van der Waals surface area (Å²) < 4.78 is 32.6. The molecule has 144 valence electrons. The van der Waals surface area contributed by atoms with Gasteiger partial charge in [-0.3, -0.25) is 14.8 Å². The second-order valence-electron chi connectivity index (χ2n) is 5.49. The van der Waals surface area contributed by atoms with E-state index in [2.05, 4.69) is 4.72 Å². The maximum absolute atomic E-state index is 12.6. The number of nitro groups is 1. The first kappa shape index (κ1) is 19.4. The van der Waals surface area contributed by atoms with Crippen molar-refractivity contribution in [1.29, 1.82) is 0 Å². The molecule has 0 radical (unpaired) electrons. The number of aromatic carboxylic acids is 1. The lowest BCUT2D eigenvalue weighted by Crippen LogP contribution is -2.14. The summed E-state index contributed by atoms with van der Waals surface area (Å²) in [5.74, 6) is -1.46. The molecule has 0 fully saturated rings. The first-order valence-electron chi connectivity index (χ1n) is 7.58. The molecule has 0 bridgehead atoms. The first-order chi connectivity index (χ1) is 13.2. The lowest BCUT2D eigenvalue weighted by atomic mass is 10.1. The summed E-state index contributed by atoms with van der Waals surface area (Å²) in [6.45, 7) is 0. The van der Waals surface area contributed by atoms with E-state index in [1.807, 2.05) is 0 Å². The predicted octanol–water partition coefficient (Wildman–Crippen LogP) is 4.01. The molecule has 0 spiro atoms. The minimum atomic E-state index is -4.27. The highest BCUT2D eigenvalue weighted by atomic mass is 35.5. The van der Waals surface area contributed by atoms with Crippen LogP contribution < -0.4 is 4.72 Å². The van der Waals surface area contributed by atoms with Crippen LogP contribution in [0.2, 0.25) is 5.02 Å². The van der Waals surface area contributed by atoms with E-state index in [0.717, 1.165) is 12.1 Å². The van der Waals surface area contributed by atoms with Crippen molar-refractivity contribution in [2.45, 2.75) is 4.90 Å². The number of benzene rings is 2. The Hall–Kier alpha value is -3.37. The molecule has 28 heavy (non-hydrogen) atoms. The van der Waals surface area contributed by atoms with Crippen LogP contribution in [0.5, 0.6) is 0 Å². The molecule has 0 aliphatic heterocycles. The minimum absolute atomic E-state index is 0.0610. The number of furan rings is 1. The molecular formula is C17H11ClN2O7S. The van der Waals surface area contributed by atoms with E-state index < -0.39 is 31.5 Å². The summed E-state index contributed by atoms with van der Waals surface area (Å²) in [6, 6.07) is 11.6. The number of hydrogen-bond donors (Lipinski definition) is 2. The molecule has 11 heteroatoms. The highest BCUT2D eigenvalue weighted by Gasteiger charge is 2.25. The molecule has 0 amide bonds. The van der Waals surface area contributed by atoms with Gasteiger partial charge in [0.2, 0.25) is 5.76 Å². The Morgan fingerprint density at radius 3 is 2.50 bits per heavy atom. The van der Waals surface area contributed by atoms with Gasteiger partial charge in [0.25, 0.3) is 15.7 Å². The number of nitrogens with one attached hydrogen (secondary N) is 1. The van der Waals surface area contributed by atoms with E-state index in [9.17, 15) is 23.3 Å². The van der Waals surface area contributed by atoms with Gasteiger partial charge in [0, 0.05) is 17.3 Å². The predicted molar refractivity (Wildman–Crippen MR) is 100 cm³/mol. The van der Waals surface area contributed by atoms with Crippen molar-refractivity contribution in [1.82, 2.24) is 0 Å². The Bertz CT molecular complexity index is 1190. The largest absolute Gasteiger partial charge is 0.475 e. The standard InChI is InChI=1S/C17H11ClN2O7S/c18-12-6-5-10(9-11(12)14-7-8-15(27-14)17(21)22)19-28(25,26)16-4-2-1-3-13(16)20(23)24/h1-9,19H,(H,21,22). The number of carboxylic acids is 1. The molecule has 0 saturated carbocycles. The lowest BCUT2D eigenvalue weighted by Gasteiger charge is -2.10. The number of carbonyl (C=O) groups is 1. The summed E-state index contributed by atoms with van der Waals surface area (Å²) in [7, 11) is -4.27. The minimum Gasteiger partial charge on any atom is -0.475 e. The first-order valence-corrected chi connectivity index (χ1v) is 9.44. The van der Waals surface area contributed by atoms with Gasteiger partial charge in [-0.1, -0.05) is 23.7 Å². The quantitative estimate of drug-likeness (QED) is 0.451. The average molecular weight is 423 g/mol. The molecule has 0 aliphatic rings. The molecule has 0 atom stereocenters. The molecular weight excluding hydrogens is 412 g/mol. The van der Waals surface area contributed by atoms with Crippen molar-refractivity contribution in [3.05, 3.63) is 75.5 Å². The van der Waals surface area contributed by atoms with Gasteiger partial charge in [-0.15, -0.1) is 0 Å². The van der Waals surface area contributed by atoms with E-state index in [1.165, 1.54) is 42.5 Å². The van der Waals surface area contributed by atoms with Gasteiger partial charge in [0.15, 0.2) is 4.90 Å². The van der Waals surface area contributed by atoms with Crippen molar-refractivity contribution in [3.8, 4) is 11.3 Å². The zero-order valence-corrected chi connectivity index (χ0v) is 15.4. The number of para-hydroxylation sites is 1. The number of rotatable bonds is 6. The average Bonchev–Trinajstić information content (AvgIpc) is 3.13. The molecule has 2 N–H and O–H groups in total. The van der Waals surface area contributed by atoms with Crippen molar-refractivity contribution >= 4 is 39.0 Å². The Balaban J connectivity index is 1.99. The monoisotopic (exact) mass is 422 g/mol. The second-order valence-corrected chi connectivity index (χ2v) is 7.55. The van der Waals surface area contributed by atoms with E-state index in [1.54, 1.807) is 0 Å². The van der Waals surface area contributed by atoms with Gasteiger partial charge in [-0.25, -0.2) is 13.2 Å². The second kappa shape index (κ2) is 7.33. The number of nitrogens with zero attached hydrogens (tertiary/aromatic N) is 1. The summed E-state index contributed by atoms with van der Waals surface area (Å²) in [4.78, 5) is 20.8. The molecule has 0 saturated heterocycles. The Kier molecular flexibility index (Phi) is 5.08. The van der Waals surface area contributed by atoms with Crippen LogP contribution >= 0.6 is 11.6 Å². The molecule has 3 aromatic rings. The molecule has 0 aliphatic carbocycles. The fourth-order valence-electron chi connectivity index (χ4n) is 2.42. The number of sulfonamides is 1. The fourth-order valence-corrected chi connectivity index (χ4v) is 3.85. The molecule has 1 heterocycles. The zero-order valence-electron chi connectivity index (χ0n) is 13.8. The summed E-state index contributed by atoms with van der Waals surface area (Å²) in [6.07, 6.45) is 0. The summed E-state index contributed by atoms with van der Waals surface area (Å²) in [5, 5.41) is 20.2. The maximum atomic E-state index is 12.6. The topological polar surface area (TPSA) is 140 Å². The number of hydrogen-bond acceptors (Lipinski definition) is 6. The van der Waals surface area contributed by atoms with Gasteiger partial charge in [0.1, 0.15) is 5.76 Å². The van der Waals surface area contributed by atoms with Crippen LogP contribution in [-0.2, 0) is 10.0 Å². The van der Waals surface area contributed by atoms with E-state index >= 15 is 0 Å². The highest BCUT2D eigenvalue weighted by Crippen LogP contribution is 2.33. The Morgan fingerprint density at radius 2 is 1.86 bits per heavy atom. The third kappa shape index (κ3) is 3.82. The molecule has 1 aromatic heterocycles. The normalized spacial score (nSPS) is 11.2. The van der Waals surface area contributed by atoms with Crippen LogP contribution in [0, 0.1) is 10.1 Å². The van der Waals surface area contributed by atoms with E-state index in [0.29, 0.717) is 0 Å². The van der Waals surface area contributed by atoms with Crippen molar-refractivity contribution in [3.63, 3.8) is 0 Å². The number of anilines is 1. The zero-order chi connectivity index (χ0) is 20.5. The van der Waals surface area contributed by atoms with Crippen LogP contribution in [0.1, 0.15) is 10.6 Å². The van der Waals surface area contributed by atoms with Gasteiger partial charge >= 0.3 is 5.97 Å². The fraction of sp³-hybridized carbons (Fsp3) is 0. The Labute approximate surface area is 163 Å². The van der Waals surface area contributed by atoms with Crippen molar-refractivity contribution < 1.29 is 27.7 Å². The van der Waals surface area contributed by atoms with Crippen LogP contribution in [0.3, 0.4) is 0 Å². The third-order valence-corrected chi connectivity index (χ3v) is 5.41. The van der Waals surface area contributed by atoms with Gasteiger partial charge in [-0.05, 0) is 36.4 Å².